The van der Waals surface area contributed by atoms with Crippen LogP contribution in [-0.2, 0) is 0 Å². The lowest BCUT2D eigenvalue weighted by molar-refractivity contribution is 0.184. The van der Waals surface area contributed by atoms with E-state index < -0.39 is 0 Å². The number of nitrogens with one attached hydrogen (secondary N) is 1. The summed E-state index contributed by atoms with van der Waals surface area (Å²) in [6.07, 6.45) is 7.42. The Kier molecular flexibility index (Phi) is 5.47. The molecule has 1 aliphatic rings. The largest absolute Gasteiger partial charge is 0.337 e. The Labute approximate surface area is 92.2 Å². The molecule has 0 aromatic rings. The minimum absolute atomic E-state index is 0.0207. The van der Waals surface area contributed by atoms with Crippen molar-refractivity contribution in [3.8, 4) is 0 Å². The SMILES string of the molecule is CN(C(=O)NCCN)C1CCCCCC1. The van der Waals surface area contributed by atoms with E-state index in [0.717, 1.165) is 12.8 Å². The van der Waals surface area contributed by atoms with Crippen LogP contribution in [0.4, 0.5) is 4.79 Å². The van der Waals surface area contributed by atoms with Gasteiger partial charge in [0.15, 0.2) is 0 Å². The van der Waals surface area contributed by atoms with Crippen molar-refractivity contribution in [1.82, 2.24) is 10.2 Å². The second kappa shape index (κ2) is 6.67. The molecule has 2 amide bonds. The van der Waals surface area contributed by atoms with Gasteiger partial charge in [-0.1, -0.05) is 25.7 Å². The predicted octanol–water partition coefficient (Wildman–Crippen LogP) is 1.31. The fourth-order valence-corrected chi connectivity index (χ4v) is 2.11. The van der Waals surface area contributed by atoms with Gasteiger partial charge in [-0.25, -0.2) is 4.79 Å². The van der Waals surface area contributed by atoms with E-state index in [9.17, 15) is 4.79 Å². The van der Waals surface area contributed by atoms with E-state index in [1.165, 1.54) is 25.7 Å². The van der Waals surface area contributed by atoms with Gasteiger partial charge in [-0.15, -0.1) is 0 Å². The molecule has 0 atom stereocenters. The van der Waals surface area contributed by atoms with E-state index in [-0.39, 0.29) is 6.03 Å². The molecule has 1 fully saturated rings. The van der Waals surface area contributed by atoms with Crippen molar-refractivity contribution in [2.24, 2.45) is 5.73 Å². The number of hydrogen-bond acceptors (Lipinski definition) is 2. The first-order valence-electron chi connectivity index (χ1n) is 5.96. The molecular formula is C11H23N3O. The number of nitrogens with zero attached hydrogens (tertiary/aromatic N) is 1. The molecule has 0 bridgehead atoms. The third-order valence-electron chi connectivity index (χ3n) is 3.11. The Morgan fingerprint density at radius 1 is 1.33 bits per heavy atom. The lowest BCUT2D eigenvalue weighted by atomic mass is 10.1. The molecule has 0 aromatic heterocycles. The summed E-state index contributed by atoms with van der Waals surface area (Å²) in [5.41, 5.74) is 5.35. The lowest BCUT2D eigenvalue weighted by Gasteiger charge is -2.27. The Bertz CT molecular complexity index is 188. The number of urea groups is 1. The monoisotopic (exact) mass is 213 g/mol. The molecule has 0 saturated heterocycles. The molecule has 3 N–H and O–H groups in total. The van der Waals surface area contributed by atoms with Crippen LogP contribution in [0.3, 0.4) is 0 Å². The van der Waals surface area contributed by atoms with Crippen molar-refractivity contribution < 1.29 is 4.79 Å². The summed E-state index contributed by atoms with van der Waals surface area (Å²) >= 11 is 0. The highest BCUT2D eigenvalue weighted by molar-refractivity contribution is 5.74. The second-order valence-corrected chi connectivity index (χ2v) is 4.28. The molecular weight excluding hydrogens is 190 g/mol. The van der Waals surface area contributed by atoms with E-state index in [1.54, 1.807) is 0 Å². The van der Waals surface area contributed by atoms with Gasteiger partial charge < -0.3 is 16.0 Å². The summed E-state index contributed by atoms with van der Waals surface area (Å²) in [7, 11) is 1.89. The molecule has 1 rings (SSSR count). The van der Waals surface area contributed by atoms with E-state index in [0.29, 0.717) is 19.1 Å². The zero-order valence-corrected chi connectivity index (χ0v) is 9.67. The van der Waals surface area contributed by atoms with E-state index in [2.05, 4.69) is 5.32 Å². The zero-order chi connectivity index (χ0) is 11.1. The zero-order valence-electron chi connectivity index (χ0n) is 9.67. The average molecular weight is 213 g/mol. The van der Waals surface area contributed by atoms with Gasteiger partial charge in [0.1, 0.15) is 0 Å². The van der Waals surface area contributed by atoms with Crippen molar-refractivity contribution in [1.29, 1.82) is 0 Å². The van der Waals surface area contributed by atoms with Gasteiger partial charge in [0.05, 0.1) is 0 Å². The van der Waals surface area contributed by atoms with Gasteiger partial charge >= 0.3 is 6.03 Å². The third kappa shape index (κ3) is 4.08. The van der Waals surface area contributed by atoms with E-state index in [4.69, 9.17) is 5.73 Å². The Hall–Kier alpha value is -0.770. The Morgan fingerprint density at radius 2 is 1.93 bits per heavy atom. The van der Waals surface area contributed by atoms with Crippen LogP contribution < -0.4 is 11.1 Å². The standard InChI is InChI=1S/C11H23N3O/c1-14(11(15)13-9-8-12)10-6-4-2-3-5-7-10/h10H,2-9,12H2,1H3,(H,13,15). The van der Waals surface area contributed by atoms with E-state index in [1.807, 2.05) is 11.9 Å². The van der Waals surface area contributed by atoms with Gasteiger partial charge in [-0.2, -0.15) is 0 Å². The highest BCUT2D eigenvalue weighted by Gasteiger charge is 2.20. The summed E-state index contributed by atoms with van der Waals surface area (Å²) in [6, 6.07) is 0.442. The van der Waals surface area contributed by atoms with Crippen molar-refractivity contribution in [2.45, 2.75) is 44.6 Å². The predicted molar refractivity (Wildman–Crippen MR) is 61.7 cm³/mol. The van der Waals surface area contributed by atoms with Crippen LogP contribution in [0.5, 0.6) is 0 Å². The minimum Gasteiger partial charge on any atom is -0.337 e. The molecule has 0 aromatic carbocycles. The van der Waals surface area contributed by atoms with Crippen molar-refractivity contribution in [3.05, 3.63) is 0 Å². The summed E-state index contributed by atoms with van der Waals surface area (Å²) in [5.74, 6) is 0. The van der Waals surface area contributed by atoms with E-state index >= 15 is 0 Å². The maximum absolute atomic E-state index is 11.7. The molecule has 1 aliphatic carbocycles. The molecule has 0 heterocycles. The summed E-state index contributed by atoms with van der Waals surface area (Å²) < 4.78 is 0. The third-order valence-corrected chi connectivity index (χ3v) is 3.11. The normalized spacial score (nSPS) is 18.3. The van der Waals surface area contributed by atoms with Gasteiger partial charge in [-0.3, -0.25) is 0 Å². The number of hydrogen-bond donors (Lipinski definition) is 2. The molecule has 0 spiro atoms. The highest BCUT2D eigenvalue weighted by Crippen LogP contribution is 2.20. The lowest BCUT2D eigenvalue weighted by Crippen LogP contribution is -2.44. The van der Waals surface area contributed by atoms with Crippen molar-refractivity contribution >= 4 is 6.03 Å². The quantitative estimate of drug-likeness (QED) is 0.694. The smallest absolute Gasteiger partial charge is 0.317 e. The van der Waals surface area contributed by atoms with Crippen LogP contribution in [0.2, 0.25) is 0 Å². The molecule has 4 heteroatoms. The number of carbonyl (C=O) groups is 1. The highest BCUT2D eigenvalue weighted by atomic mass is 16.2. The van der Waals surface area contributed by atoms with Crippen LogP contribution >= 0.6 is 0 Å². The van der Waals surface area contributed by atoms with Crippen LogP contribution in [0.25, 0.3) is 0 Å². The van der Waals surface area contributed by atoms with Crippen LogP contribution in [0.1, 0.15) is 38.5 Å². The molecule has 4 nitrogen and oxygen atoms in total. The Morgan fingerprint density at radius 3 is 2.47 bits per heavy atom. The molecule has 0 radical (unpaired) electrons. The number of carbonyl (C=O) groups excluding carboxylic acids is 1. The first kappa shape index (κ1) is 12.3. The average Bonchev–Trinajstić information content (AvgIpc) is 2.53. The topological polar surface area (TPSA) is 58.4 Å². The van der Waals surface area contributed by atoms with Crippen molar-refractivity contribution in [2.75, 3.05) is 20.1 Å². The summed E-state index contributed by atoms with van der Waals surface area (Å²) in [5, 5.41) is 2.81. The van der Waals surface area contributed by atoms with Crippen LogP contribution in [0.15, 0.2) is 0 Å². The molecule has 15 heavy (non-hydrogen) atoms. The van der Waals surface area contributed by atoms with Crippen LogP contribution in [0, 0.1) is 0 Å². The van der Waals surface area contributed by atoms with Gasteiger partial charge in [0.25, 0.3) is 0 Å². The van der Waals surface area contributed by atoms with Gasteiger partial charge in [-0.05, 0) is 12.8 Å². The molecule has 0 aliphatic heterocycles. The van der Waals surface area contributed by atoms with Gasteiger partial charge in [0, 0.05) is 26.2 Å². The summed E-state index contributed by atoms with van der Waals surface area (Å²) in [4.78, 5) is 13.5. The van der Waals surface area contributed by atoms with Crippen molar-refractivity contribution in [3.63, 3.8) is 0 Å². The maximum atomic E-state index is 11.7. The summed E-state index contributed by atoms with van der Waals surface area (Å²) in [6.45, 7) is 1.07. The first-order valence-corrected chi connectivity index (χ1v) is 5.96. The Balaban J connectivity index is 2.35. The first-order chi connectivity index (χ1) is 7.25. The number of nitrogens with two attached hydrogens (primary N) is 1. The second-order valence-electron chi connectivity index (χ2n) is 4.28. The molecule has 1 saturated carbocycles. The maximum Gasteiger partial charge on any atom is 0.317 e. The number of amides is 2. The fraction of sp³-hybridized carbons (Fsp3) is 0.909. The van der Waals surface area contributed by atoms with Gasteiger partial charge in [0.2, 0.25) is 0 Å². The number of rotatable bonds is 3. The minimum atomic E-state index is 0.0207. The molecule has 88 valence electrons. The molecule has 0 unspecified atom stereocenters. The van der Waals surface area contributed by atoms with Crippen LogP contribution in [-0.4, -0.2) is 37.1 Å². The fourth-order valence-electron chi connectivity index (χ4n) is 2.11.